The van der Waals surface area contributed by atoms with Gasteiger partial charge in [0.15, 0.2) is 0 Å². The molecule has 0 aliphatic heterocycles. The standard InChI is InChI=1S/C34H34N4O3S/c1-23-10-14-27(15-11-23)35-32(39)24(2)42-30-20-16-28(17-21-30)36-34(41)31(37-33(40)26-8-6-5-7-9-26)22-25-12-18-29(19-13-25)38(3)4/h5-22,24H,1-4H3,(H,35,39)(H,36,41)(H,37,40)/b31-22-. The maximum absolute atomic E-state index is 13.3. The van der Waals surface area contributed by atoms with Gasteiger partial charge in [-0.05, 0) is 86.2 Å². The summed E-state index contributed by atoms with van der Waals surface area (Å²) < 4.78 is 0. The second kappa shape index (κ2) is 14.2. The van der Waals surface area contributed by atoms with Gasteiger partial charge in [-0.15, -0.1) is 11.8 Å². The molecule has 0 saturated carbocycles. The lowest BCUT2D eigenvalue weighted by Crippen LogP contribution is -2.30. The number of carbonyl (C=O) groups excluding carboxylic acids is 3. The van der Waals surface area contributed by atoms with E-state index in [0.29, 0.717) is 11.3 Å². The molecule has 0 aliphatic rings. The summed E-state index contributed by atoms with van der Waals surface area (Å²) in [7, 11) is 3.91. The summed E-state index contributed by atoms with van der Waals surface area (Å²) in [5.41, 5.74) is 4.79. The van der Waals surface area contributed by atoms with Crippen molar-refractivity contribution in [2.45, 2.75) is 24.0 Å². The summed E-state index contributed by atoms with van der Waals surface area (Å²) in [4.78, 5) is 41.8. The highest BCUT2D eigenvalue weighted by molar-refractivity contribution is 8.00. The van der Waals surface area contributed by atoms with Gasteiger partial charge in [-0.3, -0.25) is 14.4 Å². The average molecular weight is 579 g/mol. The molecule has 1 atom stereocenters. The maximum atomic E-state index is 13.3. The van der Waals surface area contributed by atoms with Crippen LogP contribution in [0.15, 0.2) is 114 Å². The fourth-order valence-electron chi connectivity index (χ4n) is 3.93. The Morgan fingerprint density at radius 1 is 0.762 bits per heavy atom. The molecule has 8 heteroatoms. The van der Waals surface area contributed by atoms with Gasteiger partial charge in [-0.2, -0.15) is 0 Å². The van der Waals surface area contributed by atoms with Crippen molar-refractivity contribution in [3.8, 4) is 0 Å². The van der Waals surface area contributed by atoms with Gasteiger partial charge in [0.2, 0.25) is 5.91 Å². The predicted octanol–water partition coefficient (Wildman–Crippen LogP) is 6.59. The van der Waals surface area contributed by atoms with Crippen LogP contribution < -0.4 is 20.9 Å². The smallest absolute Gasteiger partial charge is 0.272 e. The van der Waals surface area contributed by atoms with E-state index in [0.717, 1.165) is 27.4 Å². The van der Waals surface area contributed by atoms with E-state index in [1.807, 2.05) is 99.6 Å². The summed E-state index contributed by atoms with van der Waals surface area (Å²) in [6.07, 6.45) is 1.65. The van der Waals surface area contributed by atoms with E-state index >= 15 is 0 Å². The number of nitrogens with zero attached hydrogens (tertiary/aromatic N) is 1. The molecule has 0 spiro atoms. The van der Waals surface area contributed by atoms with Gasteiger partial charge < -0.3 is 20.9 Å². The number of hydrogen-bond acceptors (Lipinski definition) is 5. The number of rotatable bonds is 10. The molecule has 0 aliphatic carbocycles. The number of anilines is 3. The highest BCUT2D eigenvalue weighted by atomic mass is 32.2. The second-order valence-corrected chi connectivity index (χ2v) is 11.4. The third kappa shape index (κ3) is 8.59. The molecular formula is C34H34N4O3S. The molecule has 4 aromatic carbocycles. The molecule has 7 nitrogen and oxygen atoms in total. The minimum atomic E-state index is -0.456. The second-order valence-electron chi connectivity index (χ2n) is 9.96. The Bertz CT molecular complexity index is 1550. The summed E-state index contributed by atoms with van der Waals surface area (Å²) in [6.45, 7) is 3.85. The maximum Gasteiger partial charge on any atom is 0.272 e. The summed E-state index contributed by atoms with van der Waals surface area (Å²) in [6, 6.07) is 31.3. The van der Waals surface area contributed by atoms with Crippen LogP contribution >= 0.6 is 11.8 Å². The van der Waals surface area contributed by atoms with Crippen molar-refractivity contribution in [2.75, 3.05) is 29.6 Å². The van der Waals surface area contributed by atoms with Crippen molar-refractivity contribution < 1.29 is 14.4 Å². The van der Waals surface area contributed by atoms with Crippen molar-refractivity contribution in [2.24, 2.45) is 0 Å². The molecule has 0 radical (unpaired) electrons. The SMILES string of the molecule is Cc1ccc(NC(=O)C(C)Sc2ccc(NC(=O)/C(=C/c3ccc(N(C)C)cc3)NC(=O)c3ccccc3)cc2)cc1. The number of amides is 3. The molecule has 3 N–H and O–H groups in total. The Balaban J connectivity index is 1.44. The van der Waals surface area contributed by atoms with Gasteiger partial charge in [-0.25, -0.2) is 0 Å². The molecule has 214 valence electrons. The van der Waals surface area contributed by atoms with Crippen LogP contribution in [0.3, 0.4) is 0 Å². The van der Waals surface area contributed by atoms with E-state index in [9.17, 15) is 14.4 Å². The first-order valence-corrected chi connectivity index (χ1v) is 14.4. The minimum absolute atomic E-state index is 0.0937. The van der Waals surface area contributed by atoms with Crippen LogP contribution in [0.5, 0.6) is 0 Å². The van der Waals surface area contributed by atoms with Crippen molar-refractivity contribution in [1.82, 2.24) is 5.32 Å². The highest BCUT2D eigenvalue weighted by Crippen LogP contribution is 2.26. The Labute approximate surface area is 251 Å². The van der Waals surface area contributed by atoms with Crippen molar-refractivity contribution in [3.63, 3.8) is 0 Å². The summed E-state index contributed by atoms with van der Waals surface area (Å²) in [5, 5.41) is 8.24. The topological polar surface area (TPSA) is 90.5 Å². The molecule has 1 unspecified atom stereocenters. The lowest BCUT2D eigenvalue weighted by Gasteiger charge is -2.14. The van der Waals surface area contributed by atoms with Crippen molar-refractivity contribution >= 4 is 52.6 Å². The number of nitrogens with one attached hydrogen (secondary N) is 3. The zero-order valence-corrected chi connectivity index (χ0v) is 24.9. The number of thioether (sulfide) groups is 1. The molecule has 3 amide bonds. The van der Waals surface area contributed by atoms with E-state index in [2.05, 4.69) is 16.0 Å². The number of carbonyl (C=O) groups is 3. The summed E-state index contributed by atoms with van der Waals surface area (Å²) in [5.74, 6) is -0.933. The highest BCUT2D eigenvalue weighted by Gasteiger charge is 2.17. The number of benzene rings is 4. The first-order chi connectivity index (χ1) is 20.2. The monoisotopic (exact) mass is 578 g/mol. The minimum Gasteiger partial charge on any atom is -0.378 e. The molecule has 0 heterocycles. The normalized spacial score (nSPS) is 11.8. The molecule has 4 aromatic rings. The van der Waals surface area contributed by atoms with Crippen molar-refractivity contribution in [3.05, 3.63) is 126 Å². The van der Waals surface area contributed by atoms with Crippen LogP contribution in [-0.2, 0) is 9.59 Å². The Kier molecular flexibility index (Phi) is 10.2. The molecule has 42 heavy (non-hydrogen) atoms. The predicted molar refractivity (Wildman–Crippen MR) is 173 cm³/mol. The number of aryl methyl sites for hydroxylation is 1. The van der Waals surface area contributed by atoms with Gasteiger partial charge in [-0.1, -0.05) is 48.0 Å². The molecular weight excluding hydrogens is 544 g/mol. The van der Waals surface area contributed by atoms with E-state index in [4.69, 9.17) is 0 Å². The van der Waals surface area contributed by atoms with Crippen LogP contribution in [0.2, 0.25) is 0 Å². The van der Waals surface area contributed by atoms with Crippen LogP contribution in [-0.4, -0.2) is 37.1 Å². The summed E-state index contributed by atoms with van der Waals surface area (Å²) >= 11 is 1.42. The first kappa shape index (κ1) is 30.1. The van der Waals surface area contributed by atoms with Crippen LogP contribution in [0.25, 0.3) is 6.08 Å². The molecule has 4 rings (SSSR count). The molecule has 0 aromatic heterocycles. The van der Waals surface area contributed by atoms with Crippen LogP contribution in [0.1, 0.15) is 28.4 Å². The molecule has 0 fully saturated rings. The third-order valence-electron chi connectivity index (χ3n) is 6.36. The Hall–Kier alpha value is -4.82. The molecule has 0 bridgehead atoms. The lowest BCUT2D eigenvalue weighted by molar-refractivity contribution is -0.115. The van der Waals surface area contributed by atoms with Gasteiger partial charge in [0.05, 0.1) is 5.25 Å². The third-order valence-corrected chi connectivity index (χ3v) is 7.47. The quantitative estimate of drug-likeness (QED) is 0.146. The van der Waals surface area contributed by atoms with E-state index in [1.165, 1.54) is 11.8 Å². The zero-order valence-electron chi connectivity index (χ0n) is 24.0. The Morgan fingerprint density at radius 2 is 1.36 bits per heavy atom. The van der Waals surface area contributed by atoms with Crippen molar-refractivity contribution in [1.29, 1.82) is 0 Å². The first-order valence-electron chi connectivity index (χ1n) is 13.5. The Morgan fingerprint density at radius 3 is 1.98 bits per heavy atom. The number of hydrogen-bond donors (Lipinski definition) is 3. The van der Waals surface area contributed by atoms with Gasteiger partial charge in [0, 0.05) is 41.6 Å². The molecule has 0 saturated heterocycles. The average Bonchev–Trinajstić information content (AvgIpc) is 2.99. The van der Waals surface area contributed by atoms with Gasteiger partial charge in [0.25, 0.3) is 11.8 Å². The zero-order chi connectivity index (χ0) is 30.1. The van der Waals surface area contributed by atoms with E-state index in [1.54, 1.807) is 42.5 Å². The van der Waals surface area contributed by atoms with Crippen LogP contribution in [0.4, 0.5) is 17.1 Å². The van der Waals surface area contributed by atoms with E-state index in [-0.39, 0.29) is 22.8 Å². The fraction of sp³-hybridized carbons (Fsp3) is 0.147. The van der Waals surface area contributed by atoms with Gasteiger partial charge in [0.1, 0.15) is 5.70 Å². The van der Waals surface area contributed by atoms with E-state index < -0.39 is 5.91 Å². The lowest BCUT2D eigenvalue weighted by atomic mass is 10.1. The fourth-order valence-corrected chi connectivity index (χ4v) is 4.80. The van der Waals surface area contributed by atoms with Gasteiger partial charge >= 0.3 is 0 Å². The largest absolute Gasteiger partial charge is 0.378 e. The van der Waals surface area contributed by atoms with Crippen LogP contribution in [0, 0.1) is 6.92 Å².